The summed E-state index contributed by atoms with van der Waals surface area (Å²) in [6.07, 6.45) is 2.31. The molecule has 16 heavy (non-hydrogen) atoms. The van der Waals surface area contributed by atoms with E-state index in [9.17, 15) is 4.79 Å². The first kappa shape index (κ1) is 17.4. The zero-order chi connectivity index (χ0) is 12.4. The third-order valence-corrected chi connectivity index (χ3v) is 5.86. The summed E-state index contributed by atoms with van der Waals surface area (Å²) >= 11 is 6.73. The Labute approximate surface area is 138 Å². The molecule has 0 heterocycles. The second-order valence-electron chi connectivity index (χ2n) is 3.04. The Hall–Kier alpha value is 1.36. The summed E-state index contributed by atoms with van der Waals surface area (Å²) in [7, 11) is 0. The van der Waals surface area contributed by atoms with Crippen molar-refractivity contribution in [1.29, 1.82) is 0 Å². The van der Waals surface area contributed by atoms with Gasteiger partial charge in [-0.3, -0.25) is 4.79 Å². The number of hydrogen-bond acceptors (Lipinski definition) is 3. The Balaban J connectivity index is 3.45. The van der Waals surface area contributed by atoms with Gasteiger partial charge in [0.15, 0.2) is 0 Å². The zero-order valence-corrected chi connectivity index (χ0v) is 15.6. The maximum atomic E-state index is 11.2. The predicted octanol–water partition coefficient (Wildman–Crippen LogP) is 4.21. The van der Waals surface area contributed by atoms with E-state index in [4.69, 9.17) is 9.47 Å². The number of carbonyl (C=O) groups excluding carboxylic acids is 1. The molecular formula is C10H15I3O3. The minimum absolute atomic E-state index is 0.170. The highest BCUT2D eigenvalue weighted by Crippen LogP contribution is 2.25. The molecule has 0 saturated carbocycles. The first-order valence-electron chi connectivity index (χ1n) is 5.01. The van der Waals surface area contributed by atoms with E-state index in [2.05, 4.69) is 74.7 Å². The standard InChI is InChI=1S/C10H15I3O3/c1-2-3-5-16-9(14)4-6-15-7-8(11)10(12)13/h2-7H2,1H3. The second kappa shape index (κ2) is 11.5. The largest absolute Gasteiger partial charge is 0.466 e. The van der Waals surface area contributed by atoms with Crippen molar-refractivity contribution in [2.24, 2.45) is 0 Å². The number of hydrogen-bond donors (Lipinski definition) is 0. The van der Waals surface area contributed by atoms with E-state index < -0.39 is 0 Å². The van der Waals surface area contributed by atoms with E-state index in [1.54, 1.807) is 0 Å². The Bertz CT molecular complexity index is 237. The van der Waals surface area contributed by atoms with E-state index in [0.29, 0.717) is 26.2 Å². The van der Waals surface area contributed by atoms with Crippen LogP contribution in [0.15, 0.2) is 5.17 Å². The van der Waals surface area contributed by atoms with Crippen molar-refractivity contribution < 1.29 is 14.3 Å². The maximum absolute atomic E-state index is 11.2. The van der Waals surface area contributed by atoms with Crippen molar-refractivity contribution in [3.8, 4) is 0 Å². The highest BCUT2D eigenvalue weighted by Gasteiger charge is 2.03. The molecule has 0 aromatic carbocycles. The first-order valence-corrected chi connectivity index (χ1v) is 8.24. The summed E-state index contributed by atoms with van der Waals surface area (Å²) in [5.74, 6) is -0.170. The molecule has 0 aliphatic carbocycles. The smallest absolute Gasteiger partial charge is 0.308 e. The molecule has 6 heteroatoms. The number of halogens is 3. The van der Waals surface area contributed by atoms with Crippen molar-refractivity contribution in [3.05, 3.63) is 5.17 Å². The third kappa shape index (κ3) is 10.5. The molecule has 0 atom stereocenters. The fourth-order valence-electron chi connectivity index (χ4n) is 0.774. The monoisotopic (exact) mass is 564 g/mol. The Morgan fingerprint density at radius 1 is 1.19 bits per heavy atom. The van der Waals surface area contributed by atoms with Gasteiger partial charge in [-0.05, 0) is 74.2 Å². The highest BCUT2D eigenvalue weighted by molar-refractivity contribution is 14.2. The lowest BCUT2D eigenvalue weighted by molar-refractivity contribution is -0.144. The van der Waals surface area contributed by atoms with Gasteiger partial charge in [0.25, 0.3) is 0 Å². The van der Waals surface area contributed by atoms with Crippen LogP contribution in [0.1, 0.15) is 26.2 Å². The zero-order valence-electron chi connectivity index (χ0n) is 9.10. The Kier molecular flexibility index (Phi) is 12.4. The van der Waals surface area contributed by atoms with Gasteiger partial charge in [0, 0.05) is 3.58 Å². The Morgan fingerprint density at radius 3 is 2.44 bits per heavy atom. The van der Waals surface area contributed by atoms with Gasteiger partial charge in [-0.15, -0.1) is 0 Å². The number of carbonyl (C=O) groups is 1. The number of unbranched alkanes of at least 4 members (excludes halogenated alkanes) is 1. The lowest BCUT2D eigenvalue weighted by Gasteiger charge is -2.05. The van der Waals surface area contributed by atoms with Crippen molar-refractivity contribution in [3.63, 3.8) is 0 Å². The molecule has 0 bridgehead atoms. The van der Waals surface area contributed by atoms with E-state index in [1.165, 1.54) is 1.59 Å². The number of ether oxygens (including phenoxy) is 2. The van der Waals surface area contributed by atoms with Crippen LogP contribution >= 0.6 is 67.8 Å². The van der Waals surface area contributed by atoms with Crippen molar-refractivity contribution in [1.82, 2.24) is 0 Å². The summed E-state index contributed by atoms with van der Waals surface area (Å²) in [6, 6.07) is 0. The highest BCUT2D eigenvalue weighted by atomic mass is 127. The molecule has 0 radical (unpaired) electrons. The van der Waals surface area contributed by atoms with Gasteiger partial charge in [-0.25, -0.2) is 0 Å². The van der Waals surface area contributed by atoms with Crippen LogP contribution < -0.4 is 0 Å². The molecule has 0 N–H and O–H groups in total. The molecule has 0 aromatic rings. The summed E-state index contributed by atoms with van der Waals surface area (Å²) in [4.78, 5) is 11.2. The Morgan fingerprint density at radius 2 is 1.88 bits per heavy atom. The molecule has 0 unspecified atom stereocenters. The molecule has 0 aliphatic rings. The van der Waals surface area contributed by atoms with Gasteiger partial charge < -0.3 is 9.47 Å². The van der Waals surface area contributed by atoms with Crippen LogP contribution in [0.3, 0.4) is 0 Å². The van der Waals surface area contributed by atoms with Gasteiger partial charge >= 0.3 is 5.97 Å². The van der Waals surface area contributed by atoms with Crippen LogP contribution in [0.5, 0.6) is 0 Å². The molecule has 0 rings (SSSR count). The molecule has 0 saturated heterocycles. The number of esters is 1. The second-order valence-corrected chi connectivity index (χ2v) is 8.57. The SMILES string of the molecule is CCCCOC(=O)CCOCC(I)=C(I)I. The lowest BCUT2D eigenvalue weighted by atomic mass is 10.4. The fraction of sp³-hybridized carbons (Fsp3) is 0.700. The first-order chi connectivity index (χ1) is 7.57. The van der Waals surface area contributed by atoms with Crippen LogP contribution in [0, 0.1) is 0 Å². The molecule has 0 fully saturated rings. The van der Waals surface area contributed by atoms with Crippen LogP contribution in [0.4, 0.5) is 0 Å². The van der Waals surface area contributed by atoms with Gasteiger partial charge in [0.2, 0.25) is 0 Å². The molecule has 3 nitrogen and oxygen atoms in total. The summed E-state index contributed by atoms with van der Waals surface area (Å²) in [5, 5.41) is 0. The molecular weight excluding hydrogens is 549 g/mol. The quantitative estimate of drug-likeness (QED) is 0.252. The van der Waals surface area contributed by atoms with Crippen molar-refractivity contribution >= 4 is 73.7 Å². The van der Waals surface area contributed by atoms with Gasteiger partial charge in [-0.1, -0.05) is 13.3 Å². The molecule has 0 spiro atoms. The van der Waals surface area contributed by atoms with E-state index >= 15 is 0 Å². The van der Waals surface area contributed by atoms with Crippen LogP contribution in [0.2, 0.25) is 0 Å². The molecule has 94 valence electrons. The van der Waals surface area contributed by atoms with E-state index in [-0.39, 0.29) is 5.97 Å². The molecule has 0 amide bonds. The third-order valence-electron chi connectivity index (χ3n) is 1.65. The van der Waals surface area contributed by atoms with Crippen molar-refractivity contribution in [2.45, 2.75) is 26.2 Å². The van der Waals surface area contributed by atoms with Crippen LogP contribution in [-0.4, -0.2) is 25.8 Å². The van der Waals surface area contributed by atoms with E-state index in [1.807, 2.05) is 0 Å². The van der Waals surface area contributed by atoms with Crippen LogP contribution in [0.25, 0.3) is 0 Å². The number of rotatable bonds is 8. The average molecular weight is 564 g/mol. The van der Waals surface area contributed by atoms with Crippen LogP contribution in [-0.2, 0) is 14.3 Å². The van der Waals surface area contributed by atoms with Gasteiger partial charge in [0.1, 0.15) is 0 Å². The molecule has 0 aromatic heterocycles. The minimum atomic E-state index is -0.170. The fourth-order valence-corrected chi connectivity index (χ4v) is 1.31. The van der Waals surface area contributed by atoms with E-state index in [0.717, 1.165) is 16.4 Å². The van der Waals surface area contributed by atoms with Gasteiger partial charge in [-0.2, -0.15) is 0 Å². The topological polar surface area (TPSA) is 35.5 Å². The lowest BCUT2D eigenvalue weighted by Crippen LogP contribution is -2.09. The maximum Gasteiger partial charge on any atom is 0.308 e. The van der Waals surface area contributed by atoms with Gasteiger partial charge in [0.05, 0.1) is 27.8 Å². The minimum Gasteiger partial charge on any atom is -0.466 e. The molecule has 0 aliphatic heterocycles. The average Bonchev–Trinajstić information content (AvgIpc) is 2.24. The summed E-state index contributed by atoms with van der Waals surface area (Å²) < 4.78 is 12.7. The summed E-state index contributed by atoms with van der Waals surface area (Å²) in [5.41, 5.74) is 0. The summed E-state index contributed by atoms with van der Waals surface area (Å²) in [6.45, 7) is 3.59. The predicted molar refractivity (Wildman–Crippen MR) is 90.4 cm³/mol. The normalized spacial score (nSPS) is 10.0. The van der Waals surface area contributed by atoms with Crippen molar-refractivity contribution in [2.75, 3.05) is 19.8 Å².